The predicted octanol–water partition coefficient (Wildman–Crippen LogP) is 3.13. The van der Waals surface area contributed by atoms with Gasteiger partial charge >= 0.3 is 0 Å². The molecule has 0 aliphatic carbocycles. The van der Waals surface area contributed by atoms with Gasteiger partial charge in [0.1, 0.15) is 5.75 Å². The molecular weight excluding hydrogens is 330 g/mol. The summed E-state index contributed by atoms with van der Waals surface area (Å²) in [5.74, 6) is -0.606. The topological polar surface area (TPSA) is 66.4 Å². The first-order chi connectivity index (χ1) is 7.97. The zero-order valence-electron chi connectivity index (χ0n) is 8.16. The monoisotopic (exact) mass is 333 g/mol. The van der Waals surface area contributed by atoms with Gasteiger partial charge in [0.05, 0.1) is 9.93 Å². The molecule has 0 radical (unpaired) electrons. The fourth-order valence-corrected chi connectivity index (χ4v) is 2.77. The molecule has 0 unspecified atom stereocenters. The van der Waals surface area contributed by atoms with Crippen molar-refractivity contribution in [1.29, 1.82) is 0 Å². The smallest absolute Gasteiger partial charge is 0.290 e. The maximum Gasteiger partial charge on any atom is 0.290 e. The first-order valence-electron chi connectivity index (χ1n) is 4.40. The van der Waals surface area contributed by atoms with Crippen molar-refractivity contribution in [3.05, 3.63) is 32.1 Å². The van der Waals surface area contributed by atoms with Gasteiger partial charge < -0.3 is 5.11 Å². The van der Waals surface area contributed by atoms with Gasteiger partial charge in [0.25, 0.3) is 11.1 Å². The SMILES string of the molecule is O=C1NC(=O)/C(=C/c2cc(Br)cc(Cl)c2O)S1. The Hall–Kier alpha value is -0.980. The zero-order chi connectivity index (χ0) is 12.6. The Kier molecular flexibility index (Phi) is 3.46. The van der Waals surface area contributed by atoms with Crippen molar-refractivity contribution in [2.24, 2.45) is 0 Å². The lowest BCUT2D eigenvalue weighted by molar-refractivity contribution is -0.115. The number of benzene rings is 1. The predicted molar refractivity (Wildman–Crippen MR) is 69.9 cm³/mol. The lowest BCUT2D eigenvalue weighted by Crippen LogP contribution is -2.17. The van der Waals surface area contributed by atoms with E-state index in [-0.39, 0.29) is 15.7 Å². The second-order valence-corrected chi connectivity index (χ2v) is 5.52. The van der Waals surface area contributed by atoms with E-state index < -0.39 is 11.1 Å². The van der Waals surface area contributed by atoms with Crippen LogP contribution in [-0.4, -0.2) is 16.3 Å². The van der Waals surface area contributed by atoms with Crippen LogP contribution in [0.4, 0.5) is 4.79 Å². The molecule has 4 nitrogen and oxygen atoms in total. The molecule has 1 fully saturated rings. The van der Waals surface area contributed by atoms with Crippen molar-refractivity contribution in [2.75, 3.05) is 0 Å². The largest absolute Gasteiger partial charge is 0.506 e. The number of aromatic hydroxyl groups is 1. The molecule has 1 aromatic rings. The molecule has 7 heteroatoms. The highest BCUT2D eigenvalue weighted by Crippen LogP contribution is 2.35. The molecule has 1 aliphatic heterocycles. The average Bonchev–Trinajstić information content (AvgIpc) is 2.53. The van der Waals surface area contributed by atoms with Crippen LogP contribution >= 0.6 is 39.3 Å². The number of phenols is 1. The van der Waals surface area contributed by atoms with E-state index in [0.29, 0.717) is 10.0 Å². The molecule has 88 valence electrons. The van der Waals surface area contributed by atoms with Gasteiger partial charge in [-0.25, -0.2) is 0 Å². The van der Waals surface area contributed by atoms with Crippen LogP contribution in [0.2, 0.25) is 5.02 Å². The molecule has 1 aliphatic rings. The van der Waals surface area contributed by atoms with Crippen molar-refractivity contribution in [1.82, 2.24) is 5.32 Å². The Morgan fingerprint density at radius 3 is 2.71 bits per heavy atom. The van der Waals surface area contributed by atoms with Crippen LogP contribution in [0, 0.1) is 0 Å². The summed E-state index contributed by atoms with van der Waals surface area (Å²) in [7, 11) is 0. The Balaban J connectivity index is 2.46. The first kappa shape index (κ1) is 12.5. The molecule has 0 spiro atoms. The summed E-state index contributed by atoms with van der Waals surface area (Å²) in [6, 6.07) is 3.14. The third-order valence-electron chi connectivity index (χ3n) is 1.99. The second-order valence-electron chi connectivity index (χ2n) is 3.18. The molecule has 1 saturated heterocycles. The Labute approximate surface area is 114 Å². The van der Waals surface area contributed by atoms with E-state index in [1.807, 2.05) is 0 Å². The van der Waals surface area contributed by atoms with Gasteiger partial charge in [0.2, 0.25) is 0 Å². The fraction of sp³-hybridized carbons (Fsp3) is 0. The number of carbonyl (C=O) groups is 2. The number of thioether (sulfide) groups is 1. The lowest BCUT2D eigenvalue weighted by Gasteiger charge is -2.03. The number of halogens is 2. The van der Waals surface area contributed by atoms with Crippen LogP contribution in [-0.2, 0) is 4.79 Å². The number of imide groups is 1. The molecule has 17 heavy (non-hydrogen) atoms. The number of amides is 2. The van der Waals surface area contributed by atoms with Gasteiger partial charge in [-0.3, -0.25) is 14.9 Å². The molecule has 0 saturated carbocycles. The molecule has 0 bridgehead atoms. The minimum atomic E-state index is -0.476. The van der Waals surface area contributed by atoms with Crippen molar-refractivity contribution < 1.29 is 14.7 Å². The lowest BCUT2D eigenvalue weighted by atomic mass is 10.2. The third-order valence-corrected chi connectivity index (χ3v) is 3.54. The van der Waals surface area contributed by atoms with Gasteiger partial charge in [-0.1, -0.05) is 27.5 Å². The summed E-state index contributed by atoms with van der Waals surface area (Å²) in [5.41, 5.74) is 0.372. The van der Waals surface area contributed by atoms with E-state index in [1.54, 1.807) is 6.07 Å². The highest BCUT2D eigenvalue weighted by atomic mass is 79.9. The van der Waals surface area contributed by atoms with E-state index in [4.69, 9.17) is 11.6 Å². The number of hydrogen-bond acceptors (Lipinski definition) is 4. The van der Waals surface area contributed by atoms with E-state index >= 15 is 0 Å². The Morgan fingerprint density at radius 1 is 1.41 bits per heavy atom. The van der Waals surface area contributed by atoms with E-state index in [9.17, 15) is 14.7 Å². The van der Waals surface area contributed by atoms with Gasteiger partial charge in [-0.05, 0) is 30.0 Å². The van der Waals surface area contributed by atoms with Gasteiger partial charge in [0, 0.05) is 10.0 Å². The van der Waals surface area contributed by atoms with Crippen LogP contribution in [0.25, 0.3) is 6.08 Å². The minimum absolute atomic E-state index is 0.130. The molecule has 2 amide bonds. The fourth-order valence-electron chi connectivity index (χ4n) is 1.26. The molecule has 0 atom stereocenters. The highest BCUT2D eigenvalue weighted by molar-refractivity contribution is 9.10. The van der Waals surface area contributed by atoms with Crippen LogP contribution in [0.15, 0.2) is 21.5 Å². The van der Waals surface area contributed by atoms with E-state index in [2.05, 4.69) is 21.2 Å². The van der Waals surface area contributed by atoms with E-state index in [1.165, 1.54) is 12.1 Å². The standard InChI is InChI=1S/C10H5BrClNO3S/c11-5-1-4(8(14)6(12)3-5)2-7-9(15)13-10(16)17-7/h1-3,14H,(H,13,15,16)/b7-2-. The van der Waals surface area contributed by atoms with Crippen LogP contribution < -0.4 is 5.32 Å². The highest BCUT2D eigenvalue weighted by Gasteiger charge is 2.25. The maximum atomic E-state index is 11.3. The number of carbonyl (C=O) groups excluding carboxylic acids is 2. The second kappa shape index (κ2) is 4.72. The maximum absolute atomic E-state index is 11.3. The Bertz CT molecular complexity index is 559. The third kappa shape index (κ3) is 2.65. The van der Waals surface area contributed by atoms with Crippen LogP contribution in [0.5, 0.6) is 5.75 Å². The van der Waals surface area contributed by atoms with E-state index in [0.717, 1.165) is 11.8 Å². The molecule has 0 aromatic heterocycles. The zero-order valence-corrected chi connectivity index (χ0v) is 11.3. The van der Waals surface area contributed by atoms with Gasteiger partial charge in [-0.15, -0.1) is 0 Å². The molecule has 2 rings (SSSR count). The van der Waals surface area contributed by atoms with Crippen LogP contribution in [0.3, 0.4) is 0 Å². The van der Waals surface area contributed by atoms with Gasteiger partial charge in [0.15, 0.2) is 0 Å². The van der Waals surface area contributed by atoms with Crippen molar-refractivity contribution >= 4 is 56.5 Å². The van der Waals surface area contributed by atoms with Gasteiger partial charge in [-0.2, -0.15) is 0 Å². The summed E-state index contributed by atoms with van der Waals surface area (Å²) >= 11 is 9.79. The molecular formula is C10H5BrClNO3S. The summed E-state index contributed by atoms with van der Waals surface area (Å²) in [4.78, 5) is 22.5. The molecule has 1 aromatic carbocycles. The number of phenolic OH excluding ortho intramolecular Hbond substituents is 1. The number of hydrogen-bond donors (Lipinski definition) is 2. The quantitative estimate of drug-likeness (QED) is 0.774. The normalized spacial score (nSPS) is 17.6. The Morgan fingerprint density at radius 2 is 2.12 bits per heavy atom. The summed E-state index contributed by atoms with van der Waals surface area (Å²) in [5, 5.41) is 11.6. The molecule has 2 N–H and O–H groups in total. The summed E-state index contributed by atoms with van der Waals surface area (Å²) in [6.07, 6.45) is 1.41. The summed E-state index contributed by atoms with van der Waals surface area (Å²) in [6.45, 7) is 0. The van der Waals surface area contributed by atoms with Crippen molar-refractivity contribution in [3.63, 3.8) is 0 Å². The van der Waals surface area contributed by atoms with Crippen LogP contribution in [0.1, 0.15) is 5.56 Å². The van der Waals surface area contributed by atoms with Crippen molar-refractivity contribution in [2.45, 2.75) is 0 Å². The minimum Gasteiger partial charge on any atom is -0.506 e. The van der Waals surface area contributed by atoms with Crippen molar-refractivity contribution in [3.8, 4) is 5.75 Å². The number of nitrogens with one attached hydrogen (secondary N) is 1. The average molecular weight is 335 g/mol. The summed E-state index contributed by atoms with van der Waals surface area (Å²) < 4.78 is 0.668. The molecule has 1 heterocycles. The number of rotatable bonds is 1. The first-order valence-corrected chi connectivity index (χ1v) is 6.39.